The molecule has 0 saturated heterocycles. The zero-order valence-electron chi connectivity index (χ0n) is 13.6. The van der Waals surface area contributed by atoms with Gasteiger partial charge in [0, 0.05) is 10.7 Å². The zero-order valence-corrected chi connectivity index (χ0v) is 14.3. The predicted molar refractivity (Wildman–Crippen MR) is 95.6 cm³/mol. The predicted octanol–water partition coefficient (Wildman–Crippen LogP) is 3.23. The third-order valence-electron chi connectivity index (χ3n) is 3.66. The lowest BCUT2D eigenvalue weighted by Gasteiger charge is -2.10. The van der Waals surface area contributed by atoms with E-state index in [1.165, 1.54) is 11.0 Å². The van der Waals surface area contributed by atoms with Crippen LogP contribution in [0, 0.1) is 6.92 Å². The lowest BCUT2D eigenvalue weighted by molar-refractivity contribution is 0.101. The molecule has 128 valence electrons. The molecule has 0 spiro atoms. The third-order valence-corrected chi connectivity index (χ3v) is 3.92. The van der Waals surface area contributed by atoms with Crippen LogP contribution >= 0.6 is 11.6 Å². The number of halogens is 1. The van der Waals surface area contributed by atoms with Gasteiger partial charge >= 0.3 is 0 Å². The van der Waals surface area contributed by atoms with E-state index in [2.05, 4.69) is 15.4 Å². The van der Waals surface area contributed by atoms with Gasteiger partial charge in [-0.05, 0) is 36.8 Å². The van der Waals surface area contributed by atoms with Crippen molar-refractivity contribution in [3.63, 3.8) is 0 Å². The summed E-state index contributed by atoms with van der Waals surface area (Å²) < 4.78 is 1.43. The van der Waals surface area contributed by atoms with E-state index < -0.39 is 12.0 Å². The maximum Gasteiger partial charge on any atom is 0.295 e. The van der Waals surface area contributed by atoms with Crippen LogP contribution < -0.4 is 5.32 Å². The van der Waals surface area contributed by atoms with Crippen molar-refractivity contribution in [1.29, 1.82) is 0 Å². The number of amides is 1. The fourth-order valence-corrected chi connectivity index (χ4v) is 2.40. The number of aryl methyl sites for hydroxylation is 1. The molecule has 0 aliphatic carbocycles. The fraction of sp³-hybridized carbons (Fsp3) is 0.167. The van der Waals surface area contributed by atoms with E-state index in [0.29, 0.717) is 16.3 Å². The molecule has 0 bridgehead atoms. The molecule has 0 radical (unpaired) electrons. The molecule has 0 aliphatic rings. The summed E-state index contributed by atoms with van der Waals surface area (Å²) in [6.07, 6.45) is 0.649. The maximum atomic E-state index is 12.2. The van der Waals surface area contributed by atoms with Gasteiger partial charge in [-0.2, -0.15) is 0 Å². The Morgan fingerprint density at radius 1 is 1.20 bits per heavy atom. The highest BCUT2D eigenvalue weighted by Crippen LogP contribution is 2.17. The quantitative estimate of drug-likeness (QED) is 0.735. The number of hydrogen-bond donors (Lipinski definition) is 2. The molecule has 1 amide bonds. The second kappa shape index (κ2) is 7.46. The number of rotatable bonds is 5. The number of nitrogens with zero attached hydrogens (tertiary/aromatic N) is 3. The van der Waals surface area contributed by atoms with Gasteiger partial charge in [0.15, 0.2) is 0 Å². The molecule has 25 heavy (non-hydrogen) atoms. The second-order valence-electron chi connectivity index (χ2n) is 5.68. The van der Waals surface area contributed by atoms with Crippen molar-refractivity contribution < 1.29 is 9.90 Å². The van der Waals surface area contributed by atoms with Gasteiger partial charge in [-0.15, -0.1) is 5.10 Å². The molecule has 1 aromatic heterocycles. The Hall–Kier alpha value is -2.70. The Morgan fingerprint density at radius 2 is 1.88 bits per heavy atom. The monoisotopic (exact) mass is 356 g/mol. The summed E-state index contributed by atoms with van der Waals surface area (Å²) in [5.41, 5.74) is 2.50. The molecule has 2 N–H and O–H groups in total. The summed E-state index contributed by atoms with van der Waals surface area (Å²) in [4.78, 5) is 16.2. The third kappa shape index (κ3) is 4.43. The van der Waals surface area contributed by atoms with Gasteiger partial charge in [0.25, 0.3) is 5.91 Å². The van der Waals surface area contributed by atoms with Crippen molar-refractivity contribution in [3.8, 4) is 0 Å². The largest absolute Gasteiger partial charge is 0.386 e. The van der Waals surface area contributed by atoms with Crippen LogP contribution in [0.5, 0.6) is 0 Å². The van der Waals surface area contributed by atoms with Crippen LogP contribution in [0.25, 0.3) is 0 Å². The number of aromatic nitrogens is 3. The molecule has 1 heterocycles. The van der Waals surface area contributed by atoms with Crippen molar-refractivity contribution >= 4 is 23.2 Å². The van der Waals surface area contributed by atoms with Gasteiger partial charge < -0.3 is 10.4 Å². The minimum atomic E-state index is -0.771. The number of carbonyl (C=O) groups is 1. The summed E-state index contributed by atoms with van der Waals surface area (Å²) >= 11 is 5.84. The molecular formula is C18H17ClN4O2. The molecule has 7 heteroatoms. The van der Waals surface area contributed by atoms with Gasteiger partial charge in [-0.3, -0.25) is 4.79 Å². The van der Waals surface area contributed by atoms with Crippen molar-refractivity contribution in [2.45, 2.75) is 19.6 Å². The SMILES string of the molecule is Cc1ccc(NC(=O)c2ncn(CC(O)c3ccc(Cl)cc3)n2)cc1. The van der Waals surface area contributed by atoms with Gasteiger partial charge in [-0.1, -0.05) is 41.4 Å². The average Bonchev–Trinajstić information content (AvgIpc) is 3.06. The number of nitrogens with one attached hydrogen (secondary N) is 1. The number of aliphatic hydroxyl groups is 1. The van der Waals surface area contributed by atoms with Crippen molar-refractivity contribution in [2.24, 2.45) is 0 Å². The maximum absolute atomic E-state index is 12.2. The molecule has 0 saturated carbocycles. The van der Waals surface area contributed by atoms with Crippen LogP contribution in [0.1, 0.15) is 27.8 Å². The Kier molecular flexibility index (Phi) is 5.11. The number of benzene rings is 2. The zero-order chi connectivity index (χ0) is 17.8. The van der Waals surface area contributed by atoms with E-state index in [1.54, 1.807) is 24.3 Å². The molecule has 0 fully saturated rings. The minimum Gasteiger partial charge on any atom is -0.386 e. The summed E-state index contributed by atoms with van der Waals surface area (Å²) in [5, 5.41) is 17.7. The lowest BCUT2D eigenvalue weighted by atomic mass is 10.1. The molecule has 2 aromatic carbocycles. The molecule has 0 aliphatic heterocycles. The Morgan fingerprint density at radius 3 is 2.56 bits per heavy atom. The van der Waals surface area contributed by atoms with E-state index in [0.717, 1.165) is 5.56 Å². The second-order valence-corrected chi connectivity index (χ2v) is 6.11. The first-order valence-electron chi connectivity index (χ1n) is 7.72. The van der Waals surface area contributed by atoms with Gasteiger partial charge in [-0.25, -0.2) is 9.67 Å². The van der Waals surface area contributed by atoms with Gasteiger partial charge in [0.2, 0.25) is 5.82 Å². The van der Waals surface area contributed by atoms with Gasteiger partial charge in [0.1, 0.15) is 6.33 Å². The first kappa shape index (κ1) is 17.1. The first-order chi connectivity index (χ1) is 12.0. The number of anilines is 1. The van der Waals surface area contributed by atoms with Crippen LogP contribution in [0.4, 0.5) is 5.69 Å². The molecule has 3 aromatic rings. The number of aliphatic hydroxyl groups excluding tert-OH is 1. The molecule has 6 nitrogen and oxygen atoms in total. The minimum absolute atomic E-state index is 0.0453. The Labute approximate surface area is 150 Å². The summed E-state index contributed by atoms with van der Waals surface area (Å²) in [6, 6.07) is 14.4. The lowest BCUT2D eigenvalue weighted by Crippen LogP contribution is -2.15. The summed E-state index contributed by atoms with van der Waals surface area (Å²) in [5.74, 6) is -0.354. The van der Waals surface area contributed by atoms with E-state index >= 15 is 0 Å². The normalized spacial score (nSPS) is 12.0. The highest BCUT2D eigenvalue weighted by atomic mass is 35.5. The topological polar surface area (TPSA) is 80.0 Å². The number of carbonyl (C=O) groups excluding carboxylic acids is 1. The molecular weight excluding hydrogens is 340 g/mol. The van der Waals surface area contributed by atoms with Crippen LogP contribution in [0.2, 0.25) is 5.02 Å². The smallest absolute Gasteiger partial charge is 0.295 e. The van der Waals surface area contributed by atoms with E-state index in [4.69, 9.17) is 11.6 Å². The van der Waals surface area contributed by atoms with Crippen molar-refractivity contribution in [1.82, 2.24) is 14.8 Å². The van der Waals surface area contributed by atoms with Crippen LogP contribution in [-0.4, -0.2) is 25.8 Å². The standard InChI is InChI=1S/C18H17ClN4O2/c1-12-2-8-15(9-3-12)21-18(25)17-20-11-23(22-17)10-16(24)13-4-6-14(19)7-5-13/h2-9,11,16,24H,10H2,1H3,(H,21,25). The Balaban J connectivity index is 1.64. The molecule has 3 rings (SSSR count). The van der Waals surface area contributed by atoms with Crippen molar-refractivity contribution in [2.75, 3.05) is 5.32 Å². The fourth-order valence-electron chi connectivity index (χ4n) is 2.28. The van der Waals surface area contributed by atoms with E-state index in [-0.39, 0.29) is 12.4 Å². The van der Waals surface area contributed by atoms with E-state index in [9.17, 15) is 9.90 Å². The van der Waals surface area contributed by atoms with Crippen LogP contribution in [0.15, 0.2) is 54.9 Å². The van der Waals surface area contributed by atoms with Crippen LogP contribution in [-0.2, 0) is 6.54 Å². The highest BCUT2D eigenvalue weighted by Gasteiger charge is 2.14. The summed E-state index contributed by atoms with van der Waals surface area (Å²) in [7, 11) is 0. The molecule has 1 atom stereocenters. The van der Waals surface area contributed by atoms with Gasteiger partial charge in [0.05, 0.1) is 12.6 Å². The average molecular weight is 357 g/mol. The highest BCUT2D eigenvalue weighted by molar-refractivity contribution is 6.30. The number of hydrogen-bond acceptors (Lipinski definition) is 4. The molecule has 1 unspecified atom stereocenters. The first-order valence-corrected chi connectivity index (χ1v) is 8.10. The summed E-state index contributed by atoms with van der Waals surface area (Å²) in [6.45, 7) is 2.16. The van der Waals surface area contributed by atoms with Crippen LogP contribution in [0.3, 0.4) is 0 Å². The van der Waals surface area contributed by atoms with E-state index in [1.807, 2.05) is 31.2 Å². The van der Waals surface area contributed by atoms with Crippen molar-refractivity contribution in [3.05, 3.63) is 76.8 Å². The Bertz CT molecular complexity index is 860.